The van der Waals surface area contributed by atoms with E-state index >= 15 is 0 Å². The van der Waals surface area contributed by atoms with E-state index in [2.05, 4.69) is 0 Å². The van der Waals surface area contributed by atoms with Crippen molar-refractivity contribution in [3.63, 3.8) is 0 Å². The summed E-state index contributed by atoms with van der Waals surface area (Å²) < 4.78 is 34.1. The van der Waals surface area contributed by atoms with E-state index in [1.165, 1.54) is 0 Å². The van der Waals surface area contributed by atoms with E-state index < -0.39 is 22.4 Å². The summed E-state index contributed by atoms with van der Waals surface area (Å²) in [6.07, 6.45) is 2.16. The number of carboxylic acids is 1. The van der Waals surface area contributed by atoms with Crippen molar-refractivity contribution in [3.05, 3.63) is 0 Å². The van der Waals surface area contributed by atoms with Gasteiger partial charge in [-0.3, -0.25) is 13.2 Å². The maximum absolute atomic E-state index is 10.1. The average molecular weight is 306 g/mol. The number of hydrogen-bond donors (Lipinski definition) is 3. The maximum Gasteiger partial charge on any atom is 2.00 e. The van der Waals surface area contributed by atoms with E-state index in [9.17, 15) is 4.79 Å². The number of carboxylic acid groups (broad SMARTS) is 1. The molecule has 5 N–H and O–H groups in total. The van der Waals surface area contributed by atoms with Gasteiger partial charge in [-0.1, -0.05) is 6.42 Å². The van der Waals surface area contributed by atoms with Crippen LogP contribution in [0.25, 0.3) is 0 Å². The molecule has 16 heavy (non-hydrogen) atoms. The van der Waals surface area contributed by atoms with Crippen LogP contribution < -0.4 is 11.5 Å². The monoisotopic (exact) mass is 305 g/mol. The van der Waals surface area contributed by atoms with Crippen LogP contribution in [0.3, 0.4) is 0 Å². The Balaban J connectivity index is -0.000000242. The van der Waals surface area contributed by atoms with Gasteiger partial charge in [-0.25, -0.2) is 0 Å². The molecule has 0 aromatic rings. The van der Waals surface area contributed by atoms with E-state index in [4.69, 9.17) is 34.1 Å². The summed E-state index contributed by atoms with van der Waals surface area (Å²) in [5.74, 6) is -0.933. The zero-order valence-corrected chi connectivity index (χ0v) is 10.0. The van der Waals surface area contributed by atoms with Crippen LogP contribution in [0.15, 0.2) is 0 Å². The second-order valence-electron chi connectivity index (χ2n) is 2.64. The molecule has 0 aliphatic rings. The van der Waals surface area contributed by atoms with Gasteiger partial charge in [0.2, 0.25) is 0 Å². The van der Waals surface area contributed by atoms with E-state index in [1.807, 2.05) is 0 Å². The van der Waals surface area contributed by atoms with Crippen molar-refractivity contribution in [1.82, 2.24) is 0 Å². The van der Waals surface area contributed by atoms with Crippen LogP contribution in [-0.4, -0.2) is 41.2 Å². The molecule has 0 unspecified atom stereocenters. The second kappa shape index (κ2) is 11.3. The largest absolute Gasteiger partial charge is 2.00 e. The summed E-state index contributed by atoms with van der Waals surface area (Å²) in [4.78, 5) is 10.1. The number of unbranched alkanes of at least 4 members (excludes halogenated alkanes) is 1. The molecule has 101 valence electrons. The van der Waals surface area contributed by atoms with Crippen LogP contribution >= 0.6 is 0 Å². The fourth-order valence-electron chi connectivity index (χ4n) is 0.632. The minimum atomic E-state index is -5.17. The van der Waals surface area contributed by atoms with Crippen LogP contribution in [0, 0.1) is 0 Å². The molecule has 0 heterocycles. The van der Waals surface area contributed by atoms with Crippen molar-refractivity contribution in [2.75, 3.05) is 6.54 Å². The van der Waals surface area contributed by atoms with Crippen LogP contribution in [0.5, 0.6) is 0 Å². The smallest absolute Gasteiger partial charge is 0.759 e. The molecule has 10 heteroatoms. The maximum atomic E-state index is 10.1. The van der Waals surface area contributed by atoms with Gasteiger partial charge in [0.1, 0.15) is 6.04 Å². The summed E-state index contributed by atoms with van der Waals surface area (Å²) >= 11 is 0. The molecule has 0 aliphatic heterocycles. The van der Waals surface area contributed by atoms with Gasteiger partial charge in [-0.2, -0.15) is 0 Å². The Labute approximate surface area is 104 Å². The quantitative estimate of drug-likeness (QED) is 0.231. The minimum absolute atomic E-state index is 0. The number of nitrogens with two attached hydrogens (primary N) is 2. The number of hydrogen-bond acceptors (Lipinski definition) is 7. The van der Waals surface area contributed by atoms with Crippen LogP contribution in [-0.2, 0) is 32.3 Å². The van der Waals surface area contributed by atoms with Crippen LogP contribution in [0.2, 0.25) is 0 Å². The van der Waals surface area contributed by atoms with Gasteiger partial charge < -0.3 is 25.7 Å². The normalized spacial score (nSPS) is 11.8. The molecule has 0 fully saturated rings. The van der Waals surface area contributed by atoms with E-state index in [0.717, 1.165) is 12.8 Å². The first-order valence-corrected chi connectivity index (χ1v) is 5.37. The molecule has 0 amide bonds. The Bertz CT molecular complexity index is 262. The summed E-state index contributed by atoms with van der Waals surface area (Å²) in [6.45, 7) is 0.604. The third kappa shape index (κ3) is 29.2. The molecule has 8 nitrogen and oxygen atoms in total. The Morgan fingerprint density at radius 1 is 1.31 bits per heavy atom. The third-order valence-electron chi connectivity index (χ3n) is 1.29. The second-order valence-corrected chi connectivity index (χ2v) is 3.45. The Kier molecular flexibility index (Phi) is 14.9. The first-order chi connectivity index (χ1) is 6.68. The molecule has 0 aliphatic carbocycles. The van der Waals surface area contributed by atoms with Gasteiger partial charge in [-0.05, 0) is 19.4 Å². The topological polar surface area (TPSA) is 170 Å². The zero-order valence-electron chi connectivity index (χ0n) is 8.26. The van der Waals surface area contributed by atoms with Gasteiger partial charge >= 0.3 is 23.0 Å². The Morgan fingerprint density at radius 3 is 1.94 bits per heavy atom. The molecule has 0 aromatic carbocycles. The summed E-state index contributed by atoms with van der Waals surface area (Å²) in [7, 11) is -5.17. The van der Waals surface area contributed by atoms with Crippen molar-refractivity contribution in [2.45, 2.75) is 25.3 Å². The van der Waals surface area contributed by atoms with Crippen LogP contribution in [0.1, 0.15) is 19.3 Å². The molecule has 0 saturated heterocycles. The number of carbonyl (C=O) groups is 1. The molecule has 0 aromatic heterocycles. The summed E-state index contributed by atoms with van der Waals surface area (Å²) in [5, 5.41) is 8.33. The molecule has 0 spiro atoms. The molecular formula is C6H14CuN2O6S. The van der Waals surface area contributed by atoms with Crippen molar-refractivity contribution in [3.8, 4) is 0 Å². The predicted molar refractivity (Wildman–Crippen MR) is 49.0 cm³/mol. The number of aliphatic carboxylic acids is 1. The molecule has 0 rings (SSSR count). The van der Waals surface area contributed by atoms with Crippen LogP contribution in [0.4, 0.5) is 0 Å². The van der Waals surface area contributed by atoms with Crippen molar-refractivity contribution < 1.29 is 44.5 Å². The van der Waals surface area contributed by atoms with E-state index in [1.54, 1.807) is 0 Å². The van der Waals surface area contributed by atoms with Gasteiger partial charge in [0.25, 0.3) is 0 Å². The fourth-order valence-corrected chi connectivity index (χ4v) is 0.632. The summed E-state index contributed by atoms with van der Waals surface area (Å²) in [6, 6.07) is -0.716. The Hall–Kier alpha value is -0.221. The molecule has 0 bridgehead atoms. The minimum Gasteiger partial charge on any atom is -0.759 e. The van der Waals surface area contributed by atoms with Gasteiger partial charge in [0.15, 0.2) is 0 Å². The first kappa shape index (κ1) is 21.1. The zero-order chi connectivity index (χ0) is 12.5. The van der Waals surface area contributed by atoms with Crippen molar-refractivity contribution >= 4 is 16.4 Å². The number of rotatable bonds is 5. The average Bonchev–Trinajstić information content (AvgIpc) is 2.01. The van der Waals surface area contributed by atoms with Gasteiger partial charge in [-0.15, -0.1) is 0 Å². The first-order valence-electron chi connectivity index (χ1n) is 4.03. The fraction of sp³-hybridized carbons (Fsp3) is 0.833. The van der Waals surface area contributed by atoms with Gasteiger partial charge in [0.05, 0.1) is 0 Å². The van der Waals surface area contributed by atoms with Crippen molar-refractivity contribution in [1.29, 1.82) is 0 Å². The molecule has 1 atom stereocenters. The molecule has 0 saturated carbocycles. The predicted octanol–water partition coefficient (Wildman–Crippen LogP) is -1.81. The standard InChI is InChI=1S/C6H14N2O2.Cu.H2O4S/c7-4-2-1-3-5(8)6(9)10;;1-5(2,3)4/h5H,1-4,7-8H2,(H,9,10);;(H2,1,2,3,4)/q;+2;/p-2/t5-;;/m0../s1. The molecule has 1 radical (unpaired) electrons. The van der Waals surface area contributed by atoms with Crippen molar-refractivity contribution in [2.24, 2.45) is 11.5 Å². The SMILES string of the molecule is NCCCC[C@H](N)C(=O)O.O=S(=O)([O-])[O-].[Cu+2]. The molecular weight excluding hydrogens is 292 g/mol. The van der Waals surface area contributed by atoms with E-state index in [0.29, 0.717) is 13.0 Å². The summed E-state index contributed by atoms with van der Waals surface area (Å²) in [5.41, 5.74) is 10.4. The van der Waals surface area contributed by atoms with E-state index in [-0.39, 0.29) is 17.1 Å². The van der Waals surface area contributed by atoms with Gasteiger partial charge in [0, 0.05) is 10.4 Å². The Morgan fingerprint density at radius 2 is 1.69 bits per heavy atom. The third-order valence-corrected chi connectivity index (χ3v) is 1.29.